The lowest BCUT2D eigenvalue weighted by molar-refractivity contribution is -0.129. The van der Waals surface area contributed by atoms with Gasteiger partial charge in [-0.2, -0.15) is 0 Å². The van der Waals surface area contributed by atoms with Crippen molar-refractivity contribution in [1.29, 1.82) is 0 Å². The number of ether oxygens (including phenoxy) is 2. The molecule has 1 fully saturated rings. The first-order chi connectivity index (χ1) is 7.22. The summed E-state index contributed by atoms with van der Waals surface area (Å²) in [7, 11) is 0. The molecule has 1 aliphatic heterocycles. The SMILES string of the molecule is CCOCC(=O)NC1(CO)CCOCC1. The highest BCUT2D eigenvalue weighted by molar-refractivity contribution is 5.78. The molecule has 1 rings (SSSR count). The third-order valence-electron chi connectivity index (χ3n) is 2.59. The van der Waals surface area contributed by atoms with E-state index in [2.05, 4.69) is 5.32 Å². The van der Waals surface area contributed by atoms with E-state index in [1.54, 1.807) is 0 Å². The summed E-state index contributed by atoms with van der Waals surface area (Å²) in [6.45, 7) is 3.52. The van der Waals surface area contributed by atoms with E-state index in [9.17, 15) is 9.90 Å². The molecule has 0 aromatic carbocycles. The van der Waals surface area contributed by atoms with Gasteiger partial charge in [-0.05, 0) is 19.8 Å². The minimum Gasteiger partial charge on any atom is -0.394 e. The molecule has 0 aliphatic carbocycles. The van der Waals surface area contributed by atoms with Crippen molar-refractivity contribution in [1.82, 2.24) is 5.32 Å². The van der Waals surface area contributed by atoms with Crippen LogP contribution in [0, 0.1) is 0 Å². The maximum Gasteiger partial charge on any atom is 0.246 e. The van der Waals surface area contributed by atoms with Gasteiger partial charge in [-0.15, -0.1) is 0 Å². The third kappa shape index (κ3) is 3.77. The Morgan fingerprint density at radius 2 is 2.20 bits per heavy atom. The Bertz CT molecular complexity index is 202. The van der Waals surface area contributed by atoms with Crippen molar-refractivity contribution in [2.24, 2.45) is 0 Å². The molecule has 5 nitrogen and oxygen atoms in total. The van der Waals surface area contributed by atoms with Gasteiger partial charge in [0.15, 0.2) is 0 Å². The van der Waals surface area contributed by atoms with Crippen molar-refractivity contribution in [2.75, 3.05) is 33.0 Å². The highest BCUT2D eigenvalue weighted by Crippen LogP contribution is 2.19. The number of rotatable bonds is 5. The summed E-state index contributed by atoms with van der Waals surface area (Å²) >= 11 is 0. The van der Waals surface area contributed by atoms with E-state index in [0.29, 0.717) is 32.7 Å². The number of hydrogen-bond acceptors (Lipinski definition) is 4. The molecular weight excluding hydrogens is 198 g/mol. The van der Waals surface area contributed by atoms with E-state index in [-0.39, 0.29) is 19.1 Å². The Hall–Kier alpha value is -0.650. The molecule has 1 amide bonds. The molecule has 1 saturated heterocycles. The standard InChI is InChI=1S/C10H19NO4/c1-2-14-7-9(13)11-10(8-12)3-5-15-6-4-10/h12H,2-8H2,1H3,(H,11,13). The predicted molar refractivity (Wildman–Crippen MR) is 54.5 cm³/mol. The van der Waals surface area contributed by atoms with Crippen LogP contribution in [0.2, 0.25) is 0 Å². The summed E-state index contributed by atoms with van der Waals surface area (Å²) in [6.07, 6.45) is 1.31. The summed E-state index contributed by atoms with van der Waals surface area (Å²) in [6, 6.07) is 0. The topological polar surface area (TPSA) is 67.8 Å². The van der Waals surface area contributed by atoms with Gasteiger partial charge in [0.2, 0.25) is 5.91 Å². The number of nitrogens with one attached hydrogen (secondary N) is 1. The first-order valence-electron chi connectivity index (χ1n) is 5.30. The van der Waals surface area contributed by atoms with Crippen LogP contribution in [0.5, 0.6) is 0 Å². The molecule has 0 bridgehead atoms. The second-order valence-corrected chi connectivity index (χ2v) is 3.74. The first-order valence-corrected chi connectivity index (χ1v) is 5.30. The second-order valence-electron chi connectivity index (χ2n) is 3.74. The van der Waals surface area contributed by atoms with Gasteiger partial charge in [0, 0.05) is 19.8 Å². The molecule has 0 unspecified atom stereocenters. The second kappa shape index (κ2) is 6.05. The monoisotopic (exact) mass is 217 g/mol. The molecule has 2 N–H and O–H groups in total. The van der Waals surface area contributed by atoms with Crippen molar-refractivity contribution < 1.29 is 19.4 Å². The van der Waals surface area contributed by atoms with E-state index < -0.39 is 5.54 Å². The highest BCUT2D eigenvalue weighted by atomic mass is 16.5. The molecule has 0 spiro atoms. The minimum atomic E-state index is -0.508. The number of amides is 1. The molecule has 0 aromatic rings. The summed E-state index contributed by atoms with van der Waals surface area (Å²) in [5.74, 6) is -0.173. The van der Waals surface area contributed by atoms with E-state index in [1.807, 2.05) is 6.92 Å². The van der Waals surface area contributed by atoms with Crippen LogP contribution in [-0.2, 0) is 14.3 Å². The van der Waals surface area contributed by atoms with Crippen LogP contribution in [0.15, 0.2) is 0 Å². The fourth-order valence-electron chi connectivity index (χ4n) is 1.61. The van der Waals surface area contributed by atoms with Gasteiger partial charge in [0.25, 0.3) is 0 Å². The van der Waals surface area contributed by atoms with Gasteiger partial charge in [-0.25, -0.2) is 0 Å². The van der Waals surface area contributed by atoms with Crippen LogP contribution in [0.1, 0.15) is 19.8 Å². The van der Waals surface area contributed by atoms with Gasteiger partial charge in [0.05, 0.1) is 12.1 Å². The Kier molecular flexibility index (Phi) is 5.01. The van der Waals surface area contributed by atoms with Crippen LogP contribution in [0.3, 0.4) is 0 Å². The maximum atomic E-state index is 11.4. The third-order valence-corrected chi connectivity index (χ3v) is 2.59. The van der Waals surface area contributed by atoms with E-state index in [4.69, 9.17) is 9.47 Å². The lowest BCUT2D eigenvalue weighted by Crippen LogP contribution is -2.55. The smallest absolute Gasteiger partial charge is 0.246 e. The Balaban J connectivity index is 2.40. The zero-order valence-corrected chi connectivity index (χ0v) is 9.12. The Morgan fingerprint density at radius 1 is 1.53 bits per heavy atom. The molecule has 1 heterocycles. The van der Waals surface area contributed by atoms with E-state index in [1.165, 1.54) is 0 Å². The fourth-order valence-corrected chi connectivity index (χ4v) is 1.61. The summed E-state index contributed by atoms with van der Waals surface area (Å²) in [5, 5.41) is 12.1. The van der Waals surface area contributed by atoms with Gasteiger partial charge in [0.1, 0.15) is 6.61 Å². The number of hydrogen-bond donors (Lipinski definition) is 2. The summed E-state index contributed by atoms with van der Waals surface area (Å²) < 4.78 is 10.2. The van der Waals surface area contributed by atoms with Gasteiger partial charge in [-0.1, -0.05) is 0 Å². The molecule has 0 aromatic heterocycles. The van der Waals surface area contributed by atoms with Crippen molar-refractivity contribution in [3.8, 4) is 0 Å². The Labute approximate surface area is 89.8 Å². The predicted octanol–water partition coefficient (Wildman–Crippen LogP) is -0.319. The molecule has 0 radical (unpaired) electrons. The quantitative estimate of drug-likeness (QED) is 0.662. The zero-order valence-electron chi connectivity index (χ0n) is 9.12. The normalized spacial score (nSPS) is 19.9. The molecule has 0 atom stereocenters. The van der Waals surface area contributed by atoms with Crippen LogP contribution >= 0.6 is 0 Å². The van der Waals surface area contributed by atoms with Crippen molar-refractivity contribution >= 4 is 5.91 Å². The number of aliphatic hydroxyl groups excluding tert-OH is 1. The van der Waals surface area contributed by atoms with Crippen molar-refractivity contribution in [2.45, 2.75) is 25.3 Å². The highest BCUT2D eigenvalue weighted by Gasteiger charge is 2.33. The van der Waals surface area contributed by atoms with E-state index in [0.717, 1.165) is 0 Å². The molecule has 15 heavy (non-hydrogen) atoms. The molecule has 1 aliphatic rings. The number of carbonyl (C=O) groups excluding carboxylic acids is 1. The summed E-state index contributed by atoms with van der Waals surface area (Å²) in [5.41, 5.74) is -0.508. The van der Waals surface area contributed by atoms with Crippen LogP contribution in [0.25, 0.3) is 0 Å². The molecular formula is C10H19NO4. The van der Waals surface area contributed by atoms with E-state index >= 15 is 0 Å². The molecule has 5 heteroatoms. The number of carbonyl (C=O) groups is 1. The van der Waals surface area contributed by atoms with Gasteiger partial charge >= 0.3 is 0 Å². The van der Waals surface area contributed by atoms with Crippen LogP contribution in [-0.4, -0.2) is 49.6 Å². The lowest BCUT2D eigenvalue weighted by atomic mass is 9.91. The summed E-state index contributed by atoms with van der Waals surface area (Å²) in [4.78, 5) is 11.4. The Morgan fingerprint density at radius 3 is 2.73 bits per heavy atom. The van der Waals surface area contributed by atoms with Crippen molar-refractivity contribution in [3.05, 3.63) is 0 Å². The first kappa shape index (κ1) is 12.4. The lowest BCUT2D eigenvalue weighted by Gasteiger charge is -2.36. The van der Waals surface area contributed by atoms with Gasteiger partial charge in [-0.3, -0.25) is 4.79 Å². The fraction of sp³-hybridized carbons (Fsp3) is 0.900. The van der Waals surface area contributed by atoms with Crippen LogP contribution in [0.4, 0.5) is 0 Å². The largest absolute Gasteiger partial charge is 0.394 e. The molecule has 88 valence electrons. The number of aliphatic hydroxyl groups is 1. The van der Waals surface area contributed by atoms with Crippen molar-refractivity contribution in [3.63, 3.8) is 0 Å². The average molecular weight is 217 g/mol. The van der Waals surface area contributed by atoms with Crippen LogP contribution < -0.4 is 5.32 Å². The minimum absolute atomic E-state index is 0.0474. The molecule has 0 saturated carbocycles. The average Bonchev–Trinajstić information content (AvgIpc) is 2.27. The maximum absolute atomic E-state index is 11.4. The van der Waals surface area contributed by atoms with Gasteiger partial charge < -0.3 is 19.9 Å². The zero-order chi connectivity index (χ0) is 11.1.